The van der Waals surface area contributed by atoms with Crippen molar-refractivity contribution in [1.29, 1.82) is 0 Å². The van der Waals surface area contributed by atoms with E-state index in [1.54, 1.807) is 0 Å². The molecular formula is C48H32BNO. The lowest BCUT2D eigenvalue weighted by atomic mass is 9.35. The third-order valence-electron chi connectivity index (χ3n) is 10.4. The lowest BCUT2D eigenvalue weighted by molar-refractivity contribution is 0.487. The van der Waals surface area contributed by atoms with Crippen molar-refractivity contribution < 1.29 is 4.74 Å². The second-order valence-electron chi connectivity index (χ2n) is 13.3. The maximum Gasteiger partial charge on any atom is 0.242 e. The van der Waals surface area contributed by atoms with Crippen LogP contribution in [0.15, 0.2) is 194 Å². The van der Waals surface area contributed by atoms with Crippen LogP contribution in [0.2, 0.25) is 0 Å². The maximum atomic E-state index is 6.87. The molecule has 0 bridgehead atoms. The number of ether oxygens (including phenoxy) is 1. The first-order valence-corrected chi connectivity index (χ1v) is 17.5. The molecule has 10 rings (SSSR count). The van der Waals surface area contributed by atoms with Crippen LogP contribution in [0.3, 0.4) is 0 Å². The Morgan fingerprint density at radius 2 is 1.00 bits per heavy atom. The third-order valence-corrected chi connectivity index (χ3v) is 10.4. The molecule has 1 aliphatic rings. The van der Waals surface area contributed by atoms with E-state index in [0.29, 0.717) is 0 Å². The van der Waals surface area contributed by atoms with E-state index in [1.165, 1.54) is 48.9 Å². The van der Waals surface area contributed by atoms with Gasteiger partial charge < -0.3 is 9.64 Å². The van der Waals surface area contributed by atoms with E-state index in [4.69, 9.17) is 4.74 Å². The van der Waals surface area contributed by atoms with E-state index in [-0.39, 0.29) is 6.71 Å². The number of para-hydroxylation sites is 1. The van der Waals surface area contributed by atoms with Crippen LogP contribution < -0.4 is 26.0 Å². The zero-order valence-electron chi connectivity index (χ0n) is 27.9. The van der Waals surface area contributed by atoms with Crippen LogP contribution >= 0.6 is 0 Å². The monoisotopic (exact) mass is 649 g/mol. The van der Waals surface area contributed by atoms with Crippen molar-refractivity contribution in [1.82, 2.24) is 0 Å². The van der Waals surface area contributed by atoms with Crippen molar-refractivity contribution in [3.8, 4) is 22.6 Å². The summed E-state index contributed by atoms with van der Waals surface area (Å²) in [6.45, 7) is 0.0479. The highest BCUT2D eigenvalue weighted by atomic mass is 16.5. The van der Waals surface area contributed by atoms with Crippen LogP contribution in [0.25, 0.3) is 43.4 Å². The summed E-state index contributed by atoms with van der Waals surface area (Å²) in [7, 11) is 0. The molecule has 9 aromatic rings. The smallest absolute Gasteiger partial charge is 0.242 e. The van der Waals surface area contributed by atoms with E-state index >= 15 is 0 Å². The molecule has 3 heteroatoms. The Balaban J connectivity index is 1.13. The summed E-state index contributed by atoms with van der Waals surface area (Å²) in [6, 6.07) is 69.8. The largest absolute Gasteiger partial charge is 0.456 e. The van der Waals surface area contributed by atoms with Crippen LogP contribution in [-0.4, -0.2) is 6.71 Å². The Labute approximate surface area is 297 Å². The standard InChI is InChI=1S/C48H32BNO/c1-3-17-36(18-4-1)49(44-23-11-16-34-14-9-10-21-40(34)44)45-30-29-42-41-28-27-39(32-47(41)51-46-24-12-22-43(45)48(42)46)50(37-19-5-2-6-20-37)38-26-25-33-13-7-8-15-35(33)31-38/h1-32H. The van der Waals surface area contributed by atoms with Gasteiger partial charge in [0.25, 0.3) is 0 Å². The van der Waals surface area contributed by atoms with Crippen molar-refractivity contribution in [2.75, 3.05) is 4.90 Å². The van der Waals surface area contributed by atoms with Crippen molar-refractivity contribution in [3.05, 3.63) is 194 Å². The second kappa shape index (κ2) is 12.1. The van der Waals surface area contributed by atoms with E-state index in [0.717, 1.165) is 39.5 Å². The molecule has 1 aliphatic heterocycles. The molecular weight excluding hydrogens is 617 g/mol. The highest BCUT2D eigenvalue weighted by Gasteiger charge is 2.29. The molecule has 238 valence electrons. The Morgan fingerprint density at radius 1 is 0.373 bits per heavy atom. The summed E-state index contributed by atoms with van der Waals surface area (Å²) in [5.41, 5.74) is 9.37. The van der Waals surface area contributed by atoms with Crippen molar-refractivity contribution in [2.45, 2.75) is 0 Å². The fraction of sp³-hybridized carbons (Fsp3) is 0. The van der Waals surface area contributed by atoms with E-state index in [1.807, 2.05) is 0 Å². The van der Waals surface area contributed by atoms with Gasteiger partial charge in [0.2, 0.25) is 6.71 Å². The molecule has 0 saturated carbocycles. The van der Waals surface area contributed by atoms with Gasteiger partial charge in [-0.15, -0.1) is 0 Å². The Hall–Kier alpha value is -6.58. The minimum atomic E-state index is 0.0479. The molecule has 1 heterocycles. The molecule has 2 nitrogen and oxygen atoms in total. The topological polar surface area (TPSA) is 12.5 Å². The normalized spacial score (nSPS) is 11.7. The van der Waals surface area contributed by atoms with Gasteiger partial charge in [0.15, 0.2) is 0 Å². The SMILES string of the molecule is c1ccc(B(c2cccc3ccccc23)c2ccc3c4c(cccc24)Oc2cc(N(c4ccccc4)c4ccc5ccccc5c4)ccc2-3)cc1. The Morgan fingerprint density at radius 3 is 1.86 bits per heavy atom. The number of nitrogens with zero attached hydrogens (tertiary/aromatic N) is 1. The fourth-order valence-corrected chi connectivity index (χ4v) is 8.05. The summed E-state index contributed by atoms with van der Waals surface area (Å²) >= 11 is 0. The minimum absolute atomic E-state index is 0.0479. The first kappa shape index (κ1) is 29.4. The van der Waals surface area contributed by atoms with E-state index in [2.05, 4.69) is 199 Å². The average molecular weight is 650 g/mol. The first-order chi connectivity index (χ1) is 25.3. The van der Waals surface area contributed by atoms with Crippen molar-refractivity contribution >= 4 is 72.5 Å². The van der Waals surface area contributed by atoms with Crippen LogP contribution in [0, 0.1) is 0 Å². The van der Waals surface area contributed by atoms with Gasteiger partial charge in [-0.1, -0.05) is 162 Å². The number of benzene rings is 9. The molecule has 51 heavy (non-hydrogen) atoms. The molecule has 0 aliphatic carbocycles. The van der Waals surface area contributed by atoms with Gasteiger partial charge >= 0.3 is 0 Å². The molecule has 0 saturated heterocycles. The fourth-order valence-electron chi connectivity index (χ4n) is 8.05. The predicted octanol–water partition coefficient (Wildman–Crippen LogP) is 10.9. The number of hydrogen-bond donors (Lipinski definition) is 0. The van der Waals surface area contributed by atoms with Gasteiger partial charge in [-0.3, -0.25) is 0 Å². The van der Waals surface area contributed by atoms with Gasteiger partial charge in [-0.25, -0.2) is 0 Å². The zero-order valence-corrected chi connectivity index (χ0v) is 27.9. The minimum Gasteiger partial charge on any atom is -0.456 e. The molecule has 0 spiro atoms. The lowest BCUT2D eigenvalue weighted by Gasteiger charge is -2.29. The predicted molar refractivity (Wildman–Crippen MR) is 217 cm³/mol. The van der Waals surface area contributed by atoms with E-state index < -0.39 is 0 Å². The summed E-state index contributed by atoms with van der Waals surface area (Å²) < 4.78 is 6.87. The van der Waals surface area contributed by atoms with Gasteiger partial charge in [-0.05, 0) is 75.0 Å². The molecule has 0 fully saturated rings. The number of anilines is 3. The van der Waals surface area contributed by atoms with Gasteiger partial charge in [0.1, 0.15) is 11.5 Å². The molecule has 0 unspecified atom stereocenters. The molecule has 9 aromatic carbocycles. The molecule has 0 N–H and O–H groups in total. The zero-order chi connectivity index (χ0) is 33.7. The van der Waals surface area contributed by atoms with E-state index in [9.17, 15) is 0 Å². The summed E-state index contributed by atoms with van der Waals surface area (Å²) in [5, 5.41) is 7.33. The van der Waals surface area contributed by atoms with Gasteiger partial charge in [0, 0.05) is 34.1 Å². The lowest BCUT2D eigenvalue weighted by Crippen LogP contribution is -2.52. The van der Waals surface area contributed by atoms with Gasteiger partial charge in [0.05, 0.1) is 0 Å². The quantitative estimate of drug-likeness (QED) is 0.166. The summed E-state index contributed by atoms with van der Waals surface area (Å²) in [6.07, 6.45) is 0. The highest BCUT2D eigenvalue weighted by Crippen LogP contribution is 2.48. The average Bonchev–Trinajstić information content (AvgIpc) is 3.19. The summed E-state index contributed by atoms with van der Waals surface area (Å²) in [4.78, 5) is 2.31. The van der Waals surface area contributed by atoms with Gasteiger partial charge in [-0.2, -0.15) is 0 Å². The van der Waals surface area contributed by atoms with Crippen molar-refractivity contribution in [2.24, 2.45) is 0 Å². The molecule has 0 aromatic heterocycles. The van der Waals surface area contributed by atoms with Crippen LogP contribution in [0.4, 0.5) is 17.1 Å². The number of rotatable bonds is 6. The van der Waals surface area contributed by atoms with Crippen LogP contribution in [0.5, 0.6) is 11.5 Å². The Kier molecular flexibility index (Phi) is 6.95. The number of hydrogen-bond acceptors (Lipinski definition) is 2. The molecule has 0 amide bonds. The number of fused-ring (bicyclic) bond motifs is 4. The summed E-state index contributed by atoms with van der Waals surface area (Å²) in [5.74, 6) is 1.74. The molecule has 0 radical (unpaired) electrons. The van der Waals surface area contributed by atoms with Crippen LogP contribution in [0.1, 0.15) is 0 Å². The molecule has 0 atom stereocenters. The third kappa shape index (κ3) is 4.97. The van der Waals surface area contributed by atoms with Crippen molar-refractivity contribution in [3.63, 3.8) is 0 Å². The maximum absolute atomic E-state index is 6.87. The second-order valence-corrected chi connectivity index (χ2v) is 13.3. The Bertz CT molecular complexity index is 2740. The first-order valence-electron chi connectivity index (χ1n) is 17.5. The van der Waals surface area contributed by atoms with Crippen LogP contribution in [-0.2, 0) is 0 Å². The highest BCUT2D eigenvalue weighted by molar-refractivity contribution is 6.98.